The highest BCUT2D eigenvalue weighted by Crippen LogP contribution is 2.51. The molecule has 2 heterocycles. The van der Waals surface area contributed by atoms with E-state index in [0.29, 0.717) is 23.7 Å². The van der Waals surface area contributed by atoms with Crippen molar-refractivity contribution in [3.05, 3.63) is 34.9 Å². The second kappa shape index (κ2) is 7.55. The highest BCUT2D eigenvalue weighted by molar-refractivity contribution is 5.93. The monoisotopic (exact) mass is 374 g/mol. The van der Waals surface area contributed by atoms with Crippen LogP contribution in [0.1, 0.15) is 69.5 Å². The molecule has 27 heavy (non-hydrogen) atoms. The second-order valence-corrected chi connectivity index (χ2v) is 8.23. The summed E-state index contributed by atoms with van der Waals surface area (Å²) in [5, 5.41) is 0. The van der Waals surface area contributed by atoms with Crippen LogP contribution in [0.3, 0.4) is 0 Å². The predicted octanol–water partition coefficient (Wildman–Crippen LogP) is 4.85. The molecule has 1 saturated heterocycles. The molecule has 3 atom stereocenters. The lowest BCUT2D eigenvalue weighted by atomic mass is 9.75. The summed E-state index contributed by atoms with van der Waals surface area (Å²) in [5.41, 5.74) is 2.11. The molecule has 2 aliphatic rings. The first-order chi connectivity index (χ1) is 12.7. The molecule has 0 radical (unpaired) electrons. The summed E-state index contributed by atoms with van der Waals surface area (Å²) in [6, 6.07) is 3.63. The van der Waals surface area contributed by atoms with Crippen molar-refractivity contribution in [2.75, 3.05) is 13.7 Å². The Morgan fingerprint density at radius 2 is 2.04 bits per heavy atom. The van der Waals surface area contributed by atoms with Crippen molar-refractivity contribution in [2.24, 2.45) is 5.92 Å². The van der Waals surface area contributed by atoms with E-state index in [0.717, 1.165) is 24.0 Å². The summed E-state index contributed by atoms with van der Waals surface area (Å²) in [7, 11) is 1.37. The smallest absolute Gasteiger partial charge is 0.341 e. The first kappa shape index (κ1) is 19.7. The lowest BCUT2D eigenvalue weighted by Crippen LogP contribution is -2.48. The maximum absolute atomic E-state index is 12.3. The van der Waals surface area contributed by atoms with Crippen LogP contribution in [0, 0.1) is 5.92 Å². The van der Waals surface area contributed by atoms with E-state index in [1.807, 2.05) is 26.0 Å². The average molecular weight is 374 g/mol. The SMILES string of the molecule is COC(=O)c1cc2c(cc1OCC=C(C)C)[C@H]1O[C@@H](C)CC[C@@H]1C(C)(C)O2. The normalized spacial score (nSPS) is 25.5. The fraction of sp³-hybridized carbons (Fsp3) is 0.591. The summed E-state index contributed by atoms with van der Waals surface area (Å²) >= 11 is 0. The van der Waals surface area contributed by atoms with Crippen molar-refractivity contribution in [3.63, 3.8) is 0 Å². The average Bonchev–Trinajstić information content (AvgIpc) is 2.60. The minimum atomic E-state index is -0.438. The number of carbonyl (C=O) groups is 1. The van der Waals surface area contributed by atoms with Gasteiger partial charge in [-0.2, -0.15) is 0 Å². The maximum Gasteiger partial charge on any atom is 0.341 e. The first-order valence-corrected chi connectivity index (χ1v) is 9.60. The number of rotatable bonds is 4. The summed E-state index contributed by atoms with van der Waals surface area (Å²) in [5.74, 6) is 0.995. The van der Waals surface area contributed by atoms with Crippen LogP contribution < -0.4 is 9.47 Å². The molecule has 3 rings (SSSR count). The van der Waals surface area contributed by atoms with Gasteiger partial charge in [0.05, 0.1) is 19.3 Å². The number of carbonyl (C=O) groups excluding carboxylic acids is 1. The van der Waals surface area contributed by atoms with Crippen LogP contribution in [0.25, 0.3) is 0 Å². The van der Waals surface area contributed by atoms with E-state index in [1.165, 1.54) is 7.11 Å². The van der Waals surface area contributed by atoms with Crippen LogP contribution in [-0.4, -0.2) is 31.4 Å². The maximum atomic E-state index is 12.3. The number of fused-ring (bicyclic) bond motifs is 3. The summed E-state index contributed by atoms with van der Waals surface area (Å²) < 4.78 is 23.5. The van der Waals surface area contributed by atoms with E-state index in [1.54, 1.807) is 6.07 Å². The molecule has 0 aromatic heterocycles. The quantitative estimate of drug-likeness (QED) is 0.557. The van der Waals surface area contributed by atoms with Gasteiger partial charge in [-0.15, -0.1) is 0 Å². The molecule has 0 amide bonds. The molecule has 1 aromatic rings. The second-order valence-electron chi connectivity index (χ2n) is 8.23. The van der Waals surface area contributed by atoms with Crippen molar-refractivity contribution in [3.8, 4) is 11.5 Å². The highest BCUT2D eigenvalue weighted by Gasteiger charge is 2.47. The van der Waals surface area contributed by atoms with Gasteiger partial charge in [0.2, 0.25) is 0 Å². The fourth-order valence-corrected chi connectivity index (χ4v) is 3.91. The van der Waals surface area contributed by atoms with Gasteiger partial charge in [0.25, 0.3) is 0 Å². The topological polar surface area (TPSA) is 54.0 Å². The zero-order valence-electron chi connectivity index (χ0n) is 17.1. The molecule has 0 spiro atoms. The van der Waals surface area contributed by atoms with Crippen LogP contribution in [0.15, 0.2) is 23.8 Å². The molecule has 2 aliphatic heterocycles. The van der Waals surface area contributed by atoms with Crippen LogP contribution >= 0.6 is 0 Å². The third-order valence-electron chi connectivity index (χ3n) is 5.45. The molecular formula is C22H30O5. The molecule has 148 valence electrons. The number of allylic oxidation sites excluding steroid dienone is 1. The third kappa shape index (κ3) is 3.98. The Hall–Kier alpha value is -2.01. The van der Waals surface area contributed by atoms with Gasteiger partial charge in [-0.05, 0) is 65.7 Å². The molecule has 0 bridgehead atoms. The van der Waals surface area contributed by atoms with Gasteiger partial charge in [0, 0.05) is 11.5 Å². The van der Waals surface area contributed by atoms with Gasteiger partial charge in [-0.25, -0.2) is 4.79 Å². The Morgan fingerprint density at radius 3 is 2.70 bits per heavy atom. The Bertz CT molecular complexity index is 745. The van der Waals surface area contributed by atoms with E-state index in [-0.39, 0.29) is 23.7 Å². The van der Waals surface area contributed by atoms with E-state index in [2.05, 4.69) is 20.8 Å². The zero-order chi connectivity index (χ0) is 19.8. The number of ether oxygens (including phenoxy) is 4. The highest BCUT2D eigenvalue weighted by atomic mass is 16.5. The number of hydrogen-bond donors (Lipinski definition) is 0. The molecule has 0 unspecified atom stereocenters. The van der Waals surface area contributed by atoms with Gasteiger partial charge in [0.1, 0.15) is 29.3 Å². The Kier molecular flexibility index (Phi) is 5.52. The van der Waals surface area contributed by atoms with Crippen LogP contribution in [0.2, 0.25) is 0 Å². The van der Waals surface area contributed by atoms with Crippen molar-refractivity contribution < 1.29 is 23.7 Å². The van der Waals surface area contributed by atoms with Crippen LogP contribution in [0.5, 0.6) is 11.5 Å². The Balaban J connectivity index is 2.05. The first-order valence-electron chi connectivity index (χ1n) is 9.60. The predicted molar refractivity (Wildman–Crippen MR) is 103 cm³/mol. The van der Waals surface area contributed by atoms with Crippen molar-refractivity contribution in [1.29, 1.82) is 0 Å². The van der Waals surface area contributed by atoms with Crippen molar-refractivity contribution in [2.45, 2.75) is 65.3 Å². The number of methoxy groups -OCH3 is 1. The molecule has 0 saturated carbocycles. The van der Waals surface area contributed by atoms with Gasteiger partial charge in [0.15, 0.2) is 0 Å². The number of benzene rings is 1. The number of hydrogen-bond acceptors (Lipinski definition) is 5. The van der Waals surface area contributed by atoms with Crippen molar-refractivity contribution >= 4 is 5.97 Å². The van der Waals surface area contributed by atoms with Gasteiger partial charge in [-0.1, -0.05) is 5.57 Å². The van der Waals surface area contributed by atoms with Crippen LogP contribution in [-0.2, 0) is 9.47 Å². The zero-order valence-corrected chi connectivity index (χ0v) is 17.1. The standard InChI is InChI=1S/C22H30O5/c1-13(2)9-10-25-18-11-15-19(12-16(18)21(23)24-6)27-22(4,5)17-8-7-14(3)26-20(15)17/h9,11-12,14,17,20H,7-8,10H2,1-6H3/t14-,17-,20+/m0/s1. The van der Waals surface area contributed by atoms with Gasteiger partial charge < -0.3 is 18.9 Å². The van der Waals surface area contributed by atoms with E-state index in [4.69, 9.17) is 18.9 Å². The third-order valence-corrected chi connectivity index (χ3v) is 5.45. The minimum Gasteiger partial charge on any atom is -0.489 e. The molecule has 5 nitrogen and oxygen atoms in total. The minimum absolute atomic E-state index is 0.0648. The summed E-state index contributed by atoms with van der Waals surface area (Å²) in [4.78, 5) is 12.3. The Morgan fingerprint density at radius 1 is 1.30 bits per heavy atom. The molecule has 1 fully saturated rings. The van der Waals surface area contributed by atoms with E-state index >= 15 is 0 Å². The largest absolute Gasteiger partial charge is 0.489 e. The molecule has 5 heteroatoms. The van der Waals surface area contributed by atoms with Gasteiger partial charge in [-0.3, -0.25) is 0 Å². The Labute approximate surface area is 161 Å². The molecule has 1 aromatic carbocycles. The van der Waals surface area contributed by atoms with E-state index < -0.39 is 5.97 Å². The fourth-order valence-electron chi connectivity index (χ4n) is 3.91. The lowest BCUT2D eigenvalue weighted by Gasteiger charge is -2.48. The molecular weight excluding hydrogens is 344 g/mol. The summed E-state index contributed by atoms with van der Waals surface area (Å²) in [6.45, 7) is 10.7. The summed E-state index contributed by atoms with van der Waals surface area (Å²) in [6.07, 6.45) is 4.17. The molecule has 0 N–H and O–H groups in total. The van der Waals surface area contributed by atoms with Crippen molar-refractivity contribution in [1.82, 2.24) is 0 Å². The lowest BCUT2D eigenvalue weighted by molar-refractivity contribution is -0.144. The van der Waals surface area contributed by atoms with Crippen LogP contribution in [0.4, 0.5) is 0 Å². The number of esters is 1. The van der Waals surface area contributed by atoms with Gasteiger partial charge >= 0.3 is 5.97 Å². The molecule has 0 aliphatic carbocycles. The van der Waals surface area contributed by atoms with E-state index in [9.17, 15) is 4.79 Å².